The fourth-order valence-electron chi connectivity index (χ4n) is 3.92. The Morgan fingerprint density at radius 2 is 1.80 bits per heavy atom. The third-order valence-corrected chi connectivity index (χ3v) is 5.59. The highest BCUT2D eigenvalue weighted by molar-refractivity contribution is 5.89. The van der Waals surface area contributed by atoms with Gasteiger partial charge in [-0.05, 0) is 54.0 Å². The lowest BCUT2D eigenvalue weighted by Gasteiger charge is -2.26. The number of morpholine rings is 1. The van der Waals surface area contributed by atoms with Gasteiger partial charge in [-0.25, -0.2) is 0 Å². The van der Waals surface area contributed by atoms with Gasteiger partial charge < -0.3 is 9.47 Å². The lowest BCUT2D eigenvalue weighted by atomic mass is 10.1. The van der Waals surface area contributed by atoms with Crippen molar-refractivity contribution in [1.29, 1.82) is 0 Å². The van der Waals surface area contributed by atoms with Gasteiger partial charge in [-0.2, -0.15) is 5.10 Å². The maximum absolute atomic E-state index is 6.07. The van der Waals surface area contributed by atoms with E-state index in [9.17, 15) is 0 Å². The summed E-state index contributed by atoms with van der Waals surface area (Å²) in [5.41, 5.74) is 3.43. The highest BCUT2D eigenvalue weighted by Gasteiger charge is 2.10. The van der Waals surface area contributed by atoms with E-state index < -0.39 is 0 Å². The molecule has 1 aromatic heterocycles. The largest absolute Gasteiger partial charge is 0.457 e. The first kappa shape index (κ1) is 19.0. The molecular formula is C24H26N4O2. The molecule has 6 heteroatoms. The Morgan fingerprint density at radius 3 is 2.60 bits per heavy atom. The van der Waals surface area contributed by atoms with Crippen LogP contribution in [0.25, 0.3) is 16.5 Å². The molecule has 2 aromatic carbocycles. The Hall–Kier alpha value is -2.96. The predicted octanol–water partition coefficient (Wildman–Crippen LogP) is 4.02. The van der Waals surface area contributed by atoms with Gasteiger partial charge in [-0.1, -0.05) is 12.1 Å². The molecule has 5 rings (SSSR count). The SMILES string of the molecule is C1=NCC(c2ccc(Oc3ccc4nn(CCCN5CCOCC5)cc4c3)cc2)=C1. The van der Waals surface area contributed by atoms with Gasteiger partial charge in [0.1, 0.15) is 11.5 Å². The number of hydrogen-bond acceptors (Lipinski definition) is 5. The average molecular weight is 402 g/mol. The number of aliphatic imine (C=N–C) groups is 1. The normalized spacial score (nSPS) is 16.9. The van der Waals surface area contributed by atoms with Crippen molar-refractivity contribution in [3.05, 3.63) is 60.3 Å². The first-order valence-corrected chi connectivity index (χ1v) is 10.6. The molecule has 0 N–H and O–H groups in total. The number of hydrogen-bond donors (Lipinski definition) is 0. The number of rotatable bonds is 7. The fraction of sp³-hybridized carbons (Fsp3) is 0.333. The molecule has 2 aliphatic rings. The molecule has 1 saturated heterocycles. The van der Waals surface area contributed by atoms with Gasteiger partial charge in [-0.15, -0.1) is 0 Å². The van der Waals surface area contributed by atoms with Crippen molar-refractivity contribution >= 4 is 22.7 Å². The quantitative estimate of drug-likeness (QED) is 0.599. The molecule has 0 radical (unpaired) electrons. The standard InChI is InChI=1S/C24H26N4O2/c1(10-27-12-14-29-15-13-27)11-28-18-21-16-23(6-7-24(21)26-28)30-22-4-2-19(3-5-22)20-8-9-25-17-20/h2-9,16,18H,1,10-15,17H2. The van der Waals surface area contributed by atoms with Gasteiger partial charge in [0.05, 0.1) is 25.3 Å². The minimum Gasteiger partial charge on any atom is -0.457 e. The summed E-state index contributed by atoms with van der Waals surface area (Å²) in [6.45, 7) is 6.54. The van der Waals surface area contributed by atoms with E-state index in [-0.39, 0.29) is 0 Å². The van der Waals surface area contributed by atoms with Crippen LogP contribution in [0, 0.1) is 0 Å². The molecule has 0 aliphatic carbocycles. The first-order chi connectivity index (χ1) is 14.8. The predicted molar refractivity (Wildman–Crippen MR) is 119 cm³/mol. The molecule has 0 amide bonds. The zero-order valence-corrected chi connectivity index (χ0v) is 17.0. The molecule has 1 fully saturated rings. The Bertz CT molecular complexity index is 1060. The lowest BCUT2D eigenvalue weighted by Crippen LogP contribution is -2.37. The van der Waals surface area contributed by atoms with Crippen LogP contribution in [0.1, 0.15) is 12.0 Å². The third kappa shape index (κ3) is 4.45. The van der Waals surface area contributed by atoms with Crippen LogP contribution in [0.15, 0.2) is 59.7 Å². The number of fused-ring (bicyclic) bond motifs is 1. The zero-order valence-electron chi connectivity index (χ0n) is 17.0. The Kier molecular flexibility index (Phi) is 5.59. The van der Waals surface area contributed by atoms with E-state index in [1.54, 1.807) is 0 Å². The summed E-state index contributed by atoms with van der Waals surface area (Å²) < 4.78 is 13.5. The van der Waals surface area contributed by atoms with Gasteiger partial charge >= 0.3 is 0 Å². The first-order valence-electron chi connectivity index (χ1n) is 10.6. The maximum atomic E-state index is 6.07. The molecule has 0 unspecified atom stereocenters. The van der Waals surface area contributed by atoms with E-state index in [0.717, 1.165) is 74.8 Å². The summed E-state index contributed by atoms with van der Waals surface area (Å²) in [6.07, 6.45) is 7.11. The van der Waals surface area contributed by atoms with E-state index in [4.69, 9.17) is 14.6 Å². The fourth-order valence-corrected chi connectivity index (χ4v) is 3.92. The molecule has 0 bridgehead atoms. The van der Waals surface area contributed by atoms with Gasteiger partial charge in [-0.3, -0.25) is 14.6 Å². The monoisotopic (exact) mass is 402 g/mol. The third-order valence-electron chi connectivity index (χ3n) is 5.59. The van der Waals surface area contributed by atoms with Crippen molar-refractivity contribution in [2.24, 2.45) is 4.99 Å². The van der Waals surface area contributed by atoms with E-state index in [2.05, 4.69) is 40.4 Å². The van der Waals surface area contributed by atoms with E-state index in [0.29, 0.717) is 0 Å². The summed E-state index contributed by atoms with van der Waals surface area (Å²) in [5, 5.41) is 5.80. The molecule has 0 atom stereocenters. The van der Waals surface area contributed by atoms with E-state index in [1.807, 2.05) is 35.2 Å². The zero-order chi connectivity index (χ0) is 20.2. The van der Waals surface area contributed by atoms with Crippen LogP contribution in [-0.2, 0) is 11.3 Å². The maximum Gasteiger partial charge on any atom is 0.128 e. The summed E-state index contributed by atoms with van der Waals surface area (Å²) in [4.78, 5) is 6.70. The highest BCUT2D eigenvalue weighted by atomic mass is 16.5. The average Bonchev–Trinajstić information content (AvgIpc) is 3.45. The van der Waals surface area contributed by atoms with Crippen LogP contribution in [-0.4, -0.2) is 60.3 Å². The Balaban J connectivity index is 1.20. The number of aryl methyl sites for hydroxylation is 1. The van der Waals surface area contributed by atoms with Crippen LogP contribution in [0.4, 0.5) is 0 Å². The molecule has 30 heavy (non-hydrogen) atoms. The molecule has 0 saturated carbocycles. The van der Waals surface area contributed by atoms with Crippen molar-refractivity contribution in [3.8, 4) is 11.5 Å². The summed E-state index contributed by atoms with van der Waals surface area (Å²) in [5.74, 6) is 1.65. The Labute approximate surface area is 176 Å². The Morgan fingerprint density at radius 1 is 0.967 bits per heavy atom. The van der Waals surface area contributed by atoms with Crippen molar-refractivity contribution in [3.63, 3.8) is 0 Å². The topological polar surface area (TPSA) is 51.9 Å². The number of benzene rings is 2. The number of aromatic nitrogens is 2. The van der Waals surface area contributed by atoms with E-state index in [1.165, 1.54) is 11.1 Å². The van der Waals surface area contributed by atoms with Crippen molar-refractivity contribution in [2.75, 3.05) is 39.4 Å². The molecule has 154 valence electrons. The van der Waals surface area contributed by atoms with Crippen LogP contribution in [0.2, 0.25) is 0 Å². The summed E-state index contributed by atoms with van der Waals surface area (Å²) >= 11 is 0. The summed E-state index contributed by atoms with van der Waals surface area (Å²) in [6, 6.07) is 14.2. The van der Waals surface area contributed by atoms with Crippen LogP contribution in [0.5, 0.6) is 11.5 Å². The minimum absolute atomic E-state index is 0.757. The molecule has 6 nitrogen and oxygen atoms in total. The van der Waals surface area contributed by atoms with Crippen LogP contribution in [0.3, 0.4) is 0 Å². The van der Waals surface area contributed by atoms with Gasteiger partial charge in [0.2, 0.25) is 0 Å². The minimum atomic E-state index is 0.757. The second-order valence-corrected chi connectivity index (χ2v) is 7.73. The van der Waals surface area contributed by atoms with Crippen molar-refractivity contribution in [1.82, 2.24) is 14.7 Å². The molecule has 3 heterocycles. The van der Waals surface area contributed by atoms with Crippen molar-refractivity contribution in [2.45, 2.75) is 13.0 Å². The second kappa shape index (κ2) is 8.81. The van der Waals surface area contributed by atoms with Crippen molar-refractivity contribution < 1.29 is 9.47 Å². The van der Waals surface area contributed by atoms with Crippen LogP contribution < -0.4 is 4.74 Å². The van der Waals surface area contributed by atoms with Gasteiger partial charge in [0.25, 0.3) is 0 Å². The summed E-state index contributed by atoms with van der Waals surface area (Å²) in [7, 11) is 0. The van der Waals surface area contributed by atoms with Gasteiger partial charge in [0.15, 0.2) is 0 Å². The number of nitrogens with zero attached hydrogens (tertiary/aromatic N) is 4. The number of ether oxygens (including phenoxy) is 2. The molecule has 0 spiro atoms. The lowest BCUT2D eigenvalue weighted by molar-refractivity contribution is 0.0368. The molecule has 3 aromatic rings. The highest BCUT2D eigenvalue weighted by Crippen LogP contribution is 2.27. The molecular weight excluding hydrogens is 376 g/mol. The number of allylic oxidation sites excluding steroid dienone is 1. The smallest absolute Gasteiger partial charge is 0.128 e. The second-order valence-electron chi connectivity index (χ2n) is 7.73. The molecule has 2 aliphatic heterocycles. The van der Waals surface area contributed by atoms with Gasteiger partial charge in [0, 0.05) is 44.0 Å². The van der Waals surface area contributed by atoms with E-state index >= 15 is 0 Å². The van der Waals surface area contributed by atoms with Crippen LogP contribution >= 0.6 is 0 Å².